The summed E-state index contributed by atoms with van der Waals surface area (Å²) >= 11 is 0. The molecule has 0 aliphatic carbocycles. The van der Waals surface area contributed by atoms with E-state index in [4.69, 9.17) is 15.7 Å². The quantitative estimate of drug-likeness (QED) is 0.518. The van der Waals surface area contributed by atoms with Crippen LogP contribution in [0.25, 0.3) is 0 Å². The van der Waals surface area contributed by atoms with Crippen molar-refractivity contribution in [2.24, 2.45) is 5.73 Å². The first-order chi connectivity index (χ1) is 5.33. The lowest BCUT2D eigenvalue weighted by Gasteiger charge is -2.08. The van der Waals surface area contributed by atoms with Gasteiger partial charge in [0.1, 0.15) is 6.04 Å². The van der Waals surface area contributed by atoms with Crippen molar-refractivity contribution in [1.29, 1.82) is 0 Å². The van der Waals surface area contributed by atoms with Gasteiger partial charge in [-0.3, -0.25) is 9.36 Å². The van der Waals surface area contributed by atoms with Crippen LogP contribution < -0.4 is 5.73 Å². The highest BCUT2D eigenvalue weighted by Gasteiger charge is 2.14. The lowest BCUT2D eigenvalue weighted by molar-refractivity contribution is -0.138. The summed E-state index contributed by atoms with van der Waals surface area (Å²) in [4.78, 5) is 18.8. The van der Waals surface area contributed by atoms with Crippen LogP contribution in [0.2, 0.25) is 0 Å². The molecule has 0 aromatic rings. The Kier molecular flexibility index (Phi) is 4.41. The van der Waals surface area contributed by atoms with Crippen LogP contribution in [0.5, 0.6) is 0 Å². The largest absolute Gasteiger partial charge is 0.480 e. The second-order valence-corrected chi connectivity index (χ2v) is 4.23. The minimum Gasteiger partial charge on any atom is -0.480 e. The van der Waals surface area contributed by atoms with Gasteiger partial charge in [0.15, 0.2) is 0 Å². The third-order valence-corrected chi connectivity index (χ3v) is 1.74. The van der Waals surface area contributed by atoms with E-state index in [1.807, 2.05) is 0 Å². The first-order valence-corrected chi connectivity index (χ1v) is 5.28. The van der Waals surface area contributed by atoms with Gasteiger partial charge in [0.05, 0.1) is 6.61 Å². The van der Waals surface area contributed by atoms with Gasteiger partial charge in [-0.25, -0.2) is 0 Å². The SMILES string of the molecule is CP(=O)(O)OCC[C@@H](N)C(=O)O. The van der Waals surface area contributed by atoms with E-state index in [-0.39, 0.29) is 13.0 Å². The standard InChI is InChI=1S/C5H12NO5P/c1-12(9,10)11-3-2-4(6)5(7)8/h4H,2-3,6H2,1H3,(H,7,8)(H,9,10)/t4-/m1/s1. The van der Waals surface area contributed by atoms with E-state index in [1.54, 1.807) is 0 Å². The molecule has 0 saturated carbocycles. The minimum absolute atomic E-state index is 0.0216. The van der Waals surface area contributed by atoms with E-state index in [0.717, 1.165) is 6.66 Å². The van der Waals surface area contributed by atoms with E-state index in [1.165, 1.54) is 0 Å². The normalized spacial score (nSPS) is 18.2. The molecule has 0 fully saturated rings. The summed E-state index contributed by atoms with van der Waals surface area (Å²) < 4.78 is 14.9. The maximum Gasteiger partial charge on any atom is 0.325 e. The first-order valence-electron chi connectivity index (χ1n) is 3.26. The van der Waals surface area contributed by atoms with Gasteiger partial charge in [-0.2, -0.15) is 0 Å². The highest BCUT2D eigenvalue weighted by atomic mass is 31.2. The summed E-state index contributed by atoms with van der Waals surface area (Å²) in [5.74, 6) is -1.15. The van der Waals surface area contributed by atoms with Crippen LogP contribution in [0.4, 0.5) is 0 Å². The van der Waals surface area contributed by atoms with Crippen LogP contribution in [0, 0.1) is 0 Å². The third kappa shape index (κ3) is 6.30. The number of carbonyl (C=O) groups is 1. The molecule has 6 nitrogen and oxygen atoms in total. The van der Waals surface area contributed by atoms with Crippen molar-refractivity contribution in [1.82, 2.24) is 0 Å². The molecule has 0 spiro atoms. The molecule has 0 amide bonds. The van der Waals surface area contributed by atoms with Gasteiger partial charge in [0.25, 0.3) is 0 Å². The summed E-state index contributed by atoms with van der Waals surface area (Å²) in [6, 6.07) is -1.04. The van der Waals surface area contributed by atoms with Gasteiger partial charge in [0.2, 0.25) is 0 Å². The molecule has 0 aromatic carbocycles. The maximum atomic E-state index is 10.5. The summed E-state index contributed by atoms with van der Waals surface area (Å²) in [6.07, 6.45) is 0.0216. The zero-order valence-corrected chi connectivity index (χ0v) is 7.53. The van der Waals surface area contributed by atoms with Gasteiger partial charge in [0, 0.05) is 6.66 Å². The Bertz CT molecular complexity index is 200. The number of carboxylic acids is 1. The van der Waals surface area contributed by atoms with Gasteiger partial charge in [-0.15, -0.1) is 0 Å². The first kappa shape index (κ1) is 11.6. The molecule has 2 atom stereocenters. The number of aliphatic carboxylic acids is 1. The van der Waals surface area contributed by atoms with Crippen LogP contribution in [-0.2, 0) is 13.9 Å². The molecule has 0 aromatic heterocycles. The van der Waals surface area contributed by atoms with Crippen LogP contribution in [0.1, 0.15) is 6.42 Å². The molecule has 0 radical (unpaired) electrons. The number of rotatable bonds is 5. The smallest absolute Gasteiger partial charge is 0.325 e. The van der Waals surface area contributed by atoms with Crippen LogP contribution in [-0.4, -0.2) is 35.3 Å². The third-order valence-electron chi connectivity index (χ3n) is 1.08. The number of nitrogens with two attached hydrogens (primary N) is 1. The van der Waals surface area contributed by atoms with Gasteiger partial charge in [-0.05, 0) is 6.42 Å². The number of hydrogen-bond acceptors (Lipinski definition) is 4. The Morgan fingerprint density at radius 2 is 2.25 bits per heavy atom. The van der Waals surface area contributed by atoms with E-state index in [9.17, 15) is 9.36 Å². The lowest BCUT2D eigenvalue weighted by Crippen LogP contribution is -2.31. The predicted molar refractivity (Wildman–Crippen MR) is 41.9 cm³/mol. The molecular weight excluding hydrogens is 185 g/mol. The molecule has 12 heavy (non-hydrogen) atoms. The highest BCUT2D eigenvalue weighted by Crippen LogP contribution is 2.36. The topological polar surface area (TPSA) is 110 Å². The van der Waals surface area contributed by atoms with E-state index >= 15 is 0 Å². The average molecular weight is 197 g/mol. The van der Waals surface area contributed by atoms with Crippen molar-refractivity contribution in [3.63, 3.8) is 0 Å². The van der Waals surface area contributed by atoms with Gasteiger partial charge in [-0.1, -0.05) is 0 Å². The Morgan fingerprint density at radius 3 is 2.58 bits per heavy atom. The molecule has 0 aliphatic heterocycles. The second kappa shape index (κ2) is 4.57. The van der Waals surface area contributed by atoms with Gasteiger partial charge < -0.3 is 20.3 Å². The molecule has 0 rings (SSSR count). The van der Waals surface area contributed by atoms with Crippen LogP contribution in [0.15, 0.2) is 0 Å². The van der Waals surface area contributed by atoms with Gasteiger partial charge >= 0.3 is 13.6 Å². The van der Waals surface area contributed by atoms with E-state index < -0.39 is 19.6 Å². The maximum absolute atomic E-state index is 10.5. The zero-order valence-electron chi connectivity index (χ0n) is 6.64. The predicted octanol–water partition coefficient (Wildman–Crippen LogP) is -0.380. The van der Waals surface area contributed by atoms with Crippen LogP contribution in [0.3, 0.4) is 0 Å². The summed E-state index contributed by atoms with van der Waals surface area (Å²) in [5, 5.41) is 8.30. The monoisotopic (exact) mass is 197 g/mol. The number of carboxylic acid groups (broad SMARTS) is 1. The molecule has 72 valence electrons. The minimum atomic E-state index is -3.50. The fourth-order valence-corrected chi connectivity index (χ4v) is 0.917. The molecule has 1 unspecified atom stereocenters. The summed E-state index contributed by atoms with van der Waals surface area (Å²) in [6.45, 7) is 0.900. The Labute approximate surface area is 69.9 Å². The Hall–Kier alpha value is -0.420. The molecule has 7 heteroatoms. The molecule has 0 saturated heterocycles. The van der Waals surface area contributed by atoms with Crippen molar-refractivity contribution in [3.05, 3.63) is 0 Å². The summed E-state index contributed by atoms with van der Waals surface area (Å²) in [5.41, 5.74) is 5.09. The van der Waals surface area contributed by atoms with E-state index in [2.05, 4.69) is 4.52 Å². The molecular formula is C5H12NO5P. The van der Waals surface area contributed by atoms with Crippen molar-refractivity contribution < 1.29 is 23.9 Å². The molecule has 4 N–H and O–H groups in total. The summed E-state index contributed by atoms with van der Waals surface area (Å²) in [7, 11) is -3.50. The molecule has 0 aliphatic rings. The number of hydrogen-bond donors (Lipinski definition) is 3. The highest BCUT2D eigenvalue weighted by molar-refractivity contribution is 7.51. The zero-order chi connectivity index (χ0) is 9.78. The van der Waals surface area contributed by atoms with Crippen molar-refractivity contribution in [3.8, 4) is 0 Å². The average Bonchev–Trinajstić information content (AvgIpc) is 1.84. The Morgan fingerprint density at radius 1 is 1.75 bits per heavy atom. The molecule has 0 bridgehead atoms. The van der Waals surface area contributed by atoms with E-state index in [0.29, 0.717) is 0 Å². The van der Waals surface area contributed by atoms with Crippen molar-refractivity contribution in [2.75, 3.05) is 13.3 Å². The Balaban J connectivity index is 3.58. The second-order valence-electron chi connectivity index (χ2n) is 2.37. The fraction of sp³-hybridized carbons (Fsp3) is 0.800. The lowest BCUT2D eigenvalue weighted by atomic mass is 10.2. The van der Waals surface area contributed by atoms with Crippen LogP contribution >= 0.6 is 7.60 Å². The van der Waals surface area contributed by atoms with Crippen molar-refractivity contribution in [2.45, 2.75) is 12.5 Å². The molecule has 0 heterocycles. The van der Waals surface area contributed by atoms with Crippen molar-refractivity contribution >= 4 is 13.6 Å². The fourth-order valence-electron chi connectivity index (χ4n) is 0.473.